The molecule has 2 heterocycles. The van der Waals surface area contributed by atoms with Crippen LogP contribution >= 0.6 is 0 Å². The lowest BCUT2D eigenvalue weighted by atomic mass is 10.2. The van der Waals surface area contributed by atoms with Gasteiger partial charge in [-0.15, -0.1) is 23.4 Å². The standard InChI is InChI=1S/C23H23F3N4O2/c1-29(2)19-12-13-30(15-19)18-9-7-17(8-10-18)22-28-27-21(31-22)11-6-16-4-3-5-20(14-16)32-23(24,25)26/h3-11,14,19H,12-13,15H2,1-2H3/b11-6+. The Balaban J connectivity index is 1.41. The summed E-state index contributed by atoms with van der Waals surface area (Å²) in [5.74, 6) is 0.332. The first kappa shape index (κ1) is 21.9. The molecule has 1 unspecified atom stereocenters. The van der Waals surface area contributed by atoms with Crippen LogP contribution in [0.25, 0.3) is 23.6 Å². The van der Waals surface area contributed by atoms with Crippen LogP contribution in [-0.4, -0.2) is 54.7 Å². The third kappa shape index (κ3) is 5.47. The number of ether oxygens (including phenoxy) is 1. The van der Waals surface area contributed by atoms with Crippen molar-refractivity contribution in [3.8, 4) is 17.2 Å². The number of benzene rings is 2. The van der Waals surface area contributed by atoms with Crippen LogP contribution < -0.4 is 9.64 Å². The highest BCUT2D eigenvalue weighted by Gasteiger charge is 2.31. The lowest BCUT2D eigenvalue weighted by molar-refractivity contribution is -0.274. The molecule has 32 heavy (non-hydrogen) atoms. The quantitative estimate of drug-likeness (QED) is 0.537. The van der Waals surface area contributed by atoms with Gasteiger partial charge in [0.25, 0.3) is 0 Å². The van der Waals surface area contributed by atoms with Gasteiger partial charge in [-0.05, 0) is 68.6 Å². The first-order valence-electron chi connectivity index (χ1n) is 10.2. The molecule has 6 nitrogen and oxygen atoms in total. The lowest BCUT2D eigenvalue weighted by Crippen LogP contribution is -2.31. The van der Waals surface area contributed by atoms with Gasteiger partial charge in [0.05, 0.1) is 0 Å². The van der Waals surface area contributed by atoms with Crippen LogP contribution in [0.3, 0.4) is 0 Å². The van der Waals surface area contributed by atoms with Gasteiger partial charge in [0.2, 0.25) is 11.8 Å². The normalized spacial score (nSPS) is 16.9. The summed E-state index contributed by atoms with van der Waals surface area (Å²) in [6, 6.07) is 14.2. The molecule has 1 atom stereocenters. The number of aromatic nitrogens is 2. The van der Waals surface area contributed by atoms with Crippen molar-refractivity contribution in [2.45, 2.75) is 18.8 Å². The van der Waals surface area contributed by atoms with E-state index in [1.807, 2.05) is 24.3 Å². The van der Waals surface area contributed by atoms with Crippen LogP contribution in [0.15, 0.2) is 52.9 Å². The summed E-state index contributed by atoms with van der Waals surface area (Å²) in [6.07, 6.45) is -0.469. The lowest BCUT2D eigenvalue weighted by Gasteiger charge is -2.21. The van der Waals surface area contributed by atoms with E-state index in [4.69, 9.17) is 4.42 Å². The second-order valence-electron chi connectivity index (χ2n) is 7.80. The maximum Gasteiger partial charge on any atom is 0.573 e. The smallest absolute Gasteiger partial charge is 0.417 e. The van der Waals surface area contributed by atoms with E-state index in [0.717, 1.165) is 30.8 Å². The number of anilines is 1. The van der Waals surface area contributed by atoms with E-state index in [-0.39, 0.29) is 11.6 Å². The van der Waals surface area contributed by atoms with Gasteiger partial charge >= 0.3 is 6.36 Å². The third-order valence-electron chi connectivity index (χ3n) is 5.32. The minimum atomic E-state index is -4.73. The molecule has 1 fully saturated rings. The Hall–Kier alpha value is -3.33. The highest BCUT2D eigenvalue weighted by molar-refractivity contribution is 5.67. The Morgan fingerprint density at radius 2 is 1.88 bits per heavy atom. The third-order valence-corrected chi connectivity index (χ3v) is 5.32. The zero-order chi connectivity index (χ0) is 22.7. The van der Waals surface area contributed by atoms with Crippen molar-refractivity contribution in [1.82, 2.24) is 15.1 Å². The largest absolute Gasteiger partial charge is 0.573 e. The molecule has 4 rings (SSSR count). The van der Waals surface area contributed by atoms with Crippen LogP contribution in [0.2, 0.25) is 0 Å². The number of rotatable bonds is 6. The van der Waals surface area contributed by atoms with Crippen molar-refractivity contribution >= 4 is 17.8 Å². The minimum absolute atomic E-state index is 0.250. The SMILES string of the molecule is CN(C)C1CCN(c2ccc(-c3nnc(/C=C/c4cccc(OC(F)(F)F)c4)o3)cc2)C1. The number of hydrogen-bond donors (Lipinski definition) is 0. The van der Waals surface area contributed by atoms with Gasteiger partial charge in [0, 0.05) is 36.5 Å². The number of likely N-dealkylation sites (N-methyl/N-ethyl adjacent to an activating group) is 1. The van der Waals surface area contributed by atoms with E-state index in [9.17, 15) is 13.2 Å². The van der Waals surface area contributed by atoms with Gasteiger partial charge in [-0.25, -0.2) is 0 Å². The molecule has 0 aliphatic carbocycles. The van der Waals surface area contributed by atoms with Crippen LogP contribution in [0.4, 0.5) is 18.9 Å². The second kappa shape index (κ2) is 9.04. The molecule has 0 saturated carbocycles. The summed E-state index contributed by atoms with van der Waals surface area (Å²) < 4.78 is 46.7. The number of halogens is 3. The fourth-order valence-corrected chi connectivity index (χ4v) is 3.61. The fraction of sp³-hybridized carbons (Fsp3) is 0.304. The predicted molar refractivity (Wildman–Crippen MR) is 116 cm³/mol. The monoisotopic (exact) mass is 444 g/mol. The Bertz CT molecular complexity index is 1080. The van der Waals surface area contributed by atoms with Crippen LogP contribution in [0, 0.1) is 0 Å². The summed E-state index contributed by atoms with van der Waals surface area (Å²) >= 11 is 0. The zero-order valence-corrected chi connectivity index (χ0v) is 17.7. The van der Waals surface area contributed by atoms with E-state index in [1.54, 1.807) is 18.2 Å². The first-order chi connectivity index (χ1) is 15.3. The highest BCUT2D eigenvalue weighted by atomic mass is 19.4. The Labute approximate surface area is 183 Å². The van der Waals surface area contributed by atoms with Gasteiger partial charge in [-0.2, -0.15) is 0 Å². The molecule has 1 aliphatic rings. The molecule has 0 amide bonds. The van der Waals surface area contributed by atoms with Gasteiger partial charge in [0.15, 0.2) is 0 Å². The fourth-order valence-electron chi connectivity index (χ4n) is 3.61. The van der Waals surface area contributed by atoms with Crippen LogP contribution in [0.5, 0.6) is 5.75 Å². The average molecular weight is 444 g/mol. The predicted octanol–water partition coefficient (Wildman–Crippen LogP) is 4.95. The Morgan fingerprint density at radius 1 is 1.09 bits per heavy atom. The summed E-state index contributed by atoms with van der Waals surface area (Å²) in [7, 11) is 4.21. The molecular formula is C23H23F3N4O2. The summed E-state index contributed by atoms with van der Waals surface area (Å²) in [6.45, 7) is 2.02. The molecule has 2 aromatic carbocycles. The molecule has 1 aliphatic heterocycles. The average Bonchev–Trinajstić information content (AvgIpc) is 3.42. The van der Waals surface area contributed by atoms with Gasteiger partial charge in [-0.3, -0.25) is 0 Å². The molecule has 0 N–H and O–H groups in total. The minimum Gasteiger partial charge on any atom is -0.417 e. The van der Waals surface area contributed by atoms with E-state index < -0.39 is 6.36 Å². The van der Waals surface area contributed by atoms with Crippen LogP contribution in [-0.2, 0) is 0 Å². The topological polar surface area (TPSA) is 54.6 Å². The van der Waals surface area contributed by atoms with E-state index in [0.29, 0.717) is 17.5 Å². The van der Waals surface area contributed by atoms with E-state index in [2.05, 4.69) is 38.8 Å². The number of nitrogens with zero attached hydrogens (tertiary/aromatic N) is 4. The molecule has 9 heteroatoms. The van der Waals surface area contributed by atoms with Crippen molar-refractivity contribution in [3.05, 3.63) is 60.0 Å². The second-order valence-corrected chi connectivity index (χ2v) is 7.80. The highest BCUT2D eigenvalue weighted by Crippen LogP contribution is 2.27. The number of alkyl halides is 3. The summed E-state index contributed by atoms with van der Waals surface area (Å²) in [4.78, 5) is 4.61. The maximum absolute atomic E-state index is 12.4. The molecule has 0 bridgehead atoms. The molecule has 1 saturated heterocycles. The van der Waals surface area contributed by atoms with Gasteiger partial charge in [0.1, 0.15) is 5.75 Å². The van der Waals surface area contributed by atoms with Gasteiger partial charge < -0.3 is 19.0 Å². The van der Waals surface area contributed by atoms with Crippen molar-refractivity contribution in [2.75, 3.05) is 32.1 Å². The Morgan fingerprint density at radius 3 is 2.56 bits per heavy atom. The molecule has 1 aromatic heterocycles. The molecular weight excluding hydrogens is 421 g/mol. The summed E-state index contributed by atoms with van der Waals surface area (Å²) in [5, 5.41) is 8.05. The summed E-state index contributed by atoms with van der Waals surface area (Å²) in [5.41, 5.74) is 2.46. The van der Waals surface area contributed by atoms with Crippen molar-refractivity contribution < 1.29 is 22.3 Å². The van der Waals surface area contributed by atoms with E-state index in [1.165, 1.54) is 18.2 Å². The molecule has 0 spiro atoms. The van der Waals surface area contributed by atoms with E-state index >= 15 is 0 Å². The van der Waals surface area contributed by atoms with Crippen molar-refractivity contribution in [3.63, 3.8) is 0 Å². The molecule has 0 radical (unpaired) electrons. The van der Waals surface area contributed by atoms with Crippen LogP contribution in [0.1, 0.15) is 17.9 Å². The molecule has 168 valence electrons. The maximum atomic E-state index is 12.4. The van der Waals surface area contributed by atoms with Gasteiger partial charge in [-0.1, -0.05) is 12.1 Å². The molecule has 3 aromatic rings. The van der Waals surface area contributed by atoms with Crippen molar-refractivity contribution in [1.29, 1.82) is 0 Å². The Kier molecular flexibility index (Phi) is 6.18. The van der Waals surface area contributed by atoms with Crippen molar-refractivity contribution in [2.24, 2.45) is 0 Å². The first-order valence-corrected chi connectivity index (χ1v) is 10.2. The number of hydrogen-bond acceptors (Lipinski definition) is 6. The zero-order valence-electron chi connectivity index (χ0n) is 17.7.